The highest BCUT2D eigenvalue weighted by atomic mass is 16.4. The van der Waals surface area contributed by atoms with E-state index in [9.17, 15) is 14.4 Å². The van der Waals surface area contributed by atoms with Gasteiger partial charge >= 0.3 is 0 Å². The Kier molecular flexibility index (Phi) is 8.47. The first-order valence-electron chi connectivity index (χ1n) is 11.8. The molecule has 2 aromatic carbocycles. The quantitative estimate of drug-likeness (QED) is 0.424. The van der Waals surface area contributed by atoms with Gasteiger partial charge in [0.15, 0.2) is 5.76 Å². The van der Waals surface area contributed by atoms with E-state index in [-0.39, 0.29) is 23.5 Å². The van der Waals surface area contributed by atoms with E-state index in [1.54, 1.807) is 18.2 Å². The van der Waals surface area contributed by atoms with Gasteiger partial charge in [0.05, 0.1) is 0 Å². The summed E-state index contributed by atoms with van der Waals surface area (Å²) in [6.45, 7) is 8.26. The lowest BCUT2D eigenvalue weighted by Gasteiger charge is -2.19. The molecule has 1 aromatic heterocycles. The van der Waals surface area contributed by atoms with E-state index in [1.165, 1.54) is 7.05 Å². The first-order chi connectivity index (χ1) is 16.7. The van der Waals surface area contributed by atoms with E-state index in [0.717, 1.165) is 16.7 Å². The minimum atomic E-state index is -0.658. The Morgan fingerprint density at radius 1 is 0.886 bits per heavy atom. The third-order valence-corrected chi connectivity index (χ3v) is 5.79. The Morgan fingerprint density at radius 3 is 2.31 bits per heavy atom. The highest BCUT2D eigenvalue weighted by Gasteiger charge is 2.25. The molecule has 3 N–H and O–H groups in total. The van der Waals surface area contributed by atoms with Crippen LogP contribution in [0, 0.1) is 5.92 Å². The van der Waals surface area contributed by atoms with Gasteiger partial charge in [0.25, 0.3) is 11.8 Å². The topological polar surface area (TPSA) is 100 Å². The summed E-state index contributed by atoms with van der Waals surface area (Å²) >= 11 is 0. The van der Waals surface area contributed by atoms with Crippen molar-refractivity contribution in [3.8, 4) is 11.3 Å². The number of carbonyl (C=O) groups is 3. The van der Waals surface area contributed by atoms with Crippen LogP contribution in [0.4, 0.5) is 0 Å². The molecule has 35 heavy (non-hydrogen) atoms. The van der Waals surface area contributed by atoms with Gasteiger partial charge in [0, 0.05) is 24.7 Å². The van der Waals surface area contributed by atoms with Crippen LogP contribution in [0.2, 0.25) is 0 Å². The standard InChI is InChI=1S/C28H33N3O4/c1-17(2)20-9-7-11-22(15-20)26(32)30-16-19-8-6-10-21(14-19)23-12-13-24(35-23)27(33)31-25(18(3)4)28(34)29-5/h6-15,17-18,25H,16H2,1-5H3,(H,29,34)(H,30,32)(H,31,33)/t25-/m0/s1. The third kappa shape index (κ3) is 6.59. The molecule has 0 unspecified atom stereocenters. The Balaban J connectivity index is 1.67. The highest BCUT2D eigenvalue weighted by Crippen LogP contribution is 2.24. The van der Waals surface area contributed by atoms with Crippen molar-refractivity contribution in [3.05, 3.63) is 83.1 Å². The Hall–Kier alpha value is -3.87. The number of hydrogen-bond donors (Lipinski definition) is 3. The zero-order valence-electron chi connectivity index (χ0n) is 20.8. The fourth-order valence-electron chi connectivity index (χ4n) is 3.68. The van der Waals surface area contributed by atoms with Crippen molar-refractivity contribution in [2.75, 3.05) is 7.05 Å². The number of benzene rings is 2. The summed E-state index contributed by atoms with van der Waals surface area (Å²) in [6, 6.07) is 17.9. The first kappa shape index (κ1) is 25.7. The fourth-order valence-corrected chi connectivity index (χ4v) is 3.68. The first-order valence-corrected chi connectivity index (χ1v) is 11.8. The Labute approximate surface area is 206 Å². The summed E-state index contributed by atoms with van der Waals surface area (Å²) in [4.78, 5) is 37.3. The lowest BCUT2D eigenvalue weighted by molar-refractivity contribution is -0.123. The molecule has 7 heteroatoms. The van der Waals surface area contributed by atoms with Crippen LogP contribution in [0.15, 0.2) is 65.1 Å². The number of carbonyl (C=O) groups excluding carboxylic acids is 3. The van der Waals surface area contributed by atoms with Gasteiger partial charge in [-0.05, 0) is 53.3 Å². The number of hydrogen-bond acceptors (Lipinski definition) is 4. The lowest BCUT2D eigenvalue weighted by Crippen LogP contribution is -2.48. The molecule has 1 heterocycles. The smallest absolute Gasteiger partial charge is 0.287 e. The van der Waals surface area contributed by atoms with Crippen molar-refractivity contribution in [3.63, 3.8) is 0 Å². The molecule has 0 saturated heterocycles. The zero-order chi connectivity index (χ0) is 25.5. The van der Waals surface area contributed by atoms with Crippen LogP contribution in [0.3, 0.4) is 0 Å². The SMILES string of the molecule is CNC(=O)[C@@H](NC(=O)c1ccc(-c2cccc(CNC(=O)c3cccc(C(C)C)c3)c2)o1)C(C)C. The minimum absolute atomic E-state index is 0.0759. The zero-order valence-corrected chi connectivity index (χ0v) is 20.8. The molecule has 0 bridgehead atoms. The van der Waals surface area contributed by atoms with Crippen LogP contribution >= 0.6 is 0 Å². The molecule has 0 spiro atoms. The van der Waals surface area contributed by atoms with E-state index < -0.39 is 11.9 Å². The Morgan fingerprint density at radius 2 is 1.63 bits per heavy atom. The number of furan rings is 1. The van der Waals surface area contributed by atoms with E-state index in [2.05, 4.69) is 29.8 Å². The number of likely N-dealkylation sites (N-methyl/N-ethyl adjacent to an activating group) is 1. The second-order valence-corrected chi connectivity index (χ2v) is 9.14. The highest BCUT2D eigenvalue weighted by molar-refractivity contribution is 5.96. The summed E-state index contributed by atoms with van der Waals surface area (Å²) in [7, 11) is 1.53. The van der Waals surface area contributed by atoms with Crippen LogP contribution in [0.5, 0.6) is 0 Å². The van der Waals surface area contributed by atoms with E-state index >= 15 is 0 Å². The van der Waals surface area contributed by atoms with Crippen LogP contribution < -0.4 is 16.0 Å². The van der Waals surface area contributed by atoms with Crippen LogP contribution in [-0.4, -0.2) is 30.8 Å². The normalized spacial score (nSPS) is 11.9. The molecule has 7 nitrogen and oxygen atoms in total. The maximum absolute atomic E-state index is 12.6. The van der Waals surface area contributed by atoms with Gasteiger partial charge in [0.1, 0.15) is 11.8 Å². The van der Waals surface area contributed by atoms with E-state index in [0.29, 0.717) is 23.8 Å². The van der Waals surface area contributed by atoms with Gasteiger partial charge < -0.3 is 20.4 Å². The summed E-state index contributed by atoms with van der Waals surface area (Å²) in [5.41, 5.74) is 3.43. The van der Waals surface area contributed by atoms with Crippen molar-refractivity contribution < 1.29 is 18.8 Å². The number of nitrogens with one attached hydrogen (secondary N) is 3. The molecule has 3 amide bonds. The van der Waals surface area contributed by atoms with Crippen molar-refractivity contribution in [2.45, 2.75) is 46.2 Å². The lowest BCUT2D eigenvalue weighted by atomic mass is 10.0. The molecule has 0 radical (unpaired) electrons. The summed E-state index contributed by atoms with van der Waals surface area (Å²) in [5.74, 6) is 0.0715. The second-order valence-electron chi connectivity index (χ2n) is 9.14. The van der Waals surface area contributed by atoms with Gasteiger partial charge in [-0.3, -0.25) is 14.4 Å². The molecule has 0 saturated carbocycles. The fraction of sp³-hybridized carbons (Fsp3) is 0.321. The summed E-state index contributed by atoms with van der Waals surface area (Å²) in [6.07, 6.45) is 0. The van der Waals surface area contributed by atoms with Crippen molar-refractivity contribution in [1.29, 1.82) is 0 Å². The predicted molar refractivity (Wildman–Crippen MR) is 136 cm³/mol. The average molecular weight is 476 g/mol. The molecule has 184 valence electrons. The number of rotatable bonds is 9. The van der Waals surface area contributed by atoms with Crippen molar-refractivity contribution in [2.24, 2.45) is 5.92 Å². The molecule has 3 rings (SSSR count). The molecular formula is C28H33N3O4. The molecule has 0 aliphatic rings. The number of amides is 3. The molecular weight excluding hydrogens is 442 g/mol. The predicted octanol–water partition coefficient (Wildman–Crippen LogP) is 4.50. The largest absolute Gasteiger partial charge is 0.451 e. The van der Waals surface area contributed by atoms with Gasteiger partial charge in [-0.2, -0.15) is 0 Å². The maximum atomic E-state index is 12.6. The molecule has 3 aromatic rings. The second kappa shape index (κ2) is 11.5. The van der Waals surface area contributed by atoms with Crippen molar-refractivity contribution in [1.82, 2.24) is 16.0 Å². The average Bonchev–Trinajstić information content (AvgIpc) is 3.36. The van der Waals surface area contributed by atoms with Crippen LogP contribution in [-0.2, 0) is 11.3 Å². The third-order valence-electron chi connectivity index (χ3n) is 5.79. The maximum Gasteiger partial charge on any atom is 0.287 e. The van der Waals surface area contributed by atoms with Gasteiger partial charge in [-0.1, -0.05) is 58.0 Å². The molecule has 0 aliphatic carbocycles. The molecule has 1 atom stereocenters. The summed E-state index contributed by atoms with van der Waals surface area (Å²) in [5, 5.41) is 8.25. The van der Waals surface area contributed by atoms with Crippen molar-refractivity contribution >= 4 is 17.7 Å². The van der Waals surface area contributed by atoms with E-state index in [1.807, 2.05) is 56.3 Å². The van der Waals surface area contributed by atoms with Gasteiger partial charge in [-0.15, -0.1) is 0 Å². The van der Waals surface area contributed by atoms with Crippen LogP contribution in [0.1, 0.15) is 65.7 Å². The Bertz CT molecular complexity index is 1200. The minimum Gasteiger partial charge on any atom is -0.451 e. The van der Waals surface area contributed by atoms with Gasteiger partial charge in [0.2, 0.25) is 5.91 Å². The molecule has 0 fully saturated rings. The van der Waals surface area contributed by atoms with Gasteiger partial charge in [-0.25, -0.2) is 0 Å². The molecule has 0 aliphatic heterocycles. The monoisotopic (exact) mass is 475 g/mol. The van der Waals surface area contributed by atoms with E-state index in [4.69, 9.17) is 4.42 Å². The summed E-state index contributed by atoms with van der Waals surface area (Å²) < 4.78 is 5.78. The van der Waals surface area contributed by atoms with Crippen LogP contribution in [0.25, 0.3) is 11.3 Å².